The lowest BCUT2D eigenvalue weighted by Crippen LogP contribution is -2.29. The van der Waals surface area contributed by atoms with Gasteiger partial charge in [-0.2, -0.15) is 0 Å². The molecule has 0 aromatic heterocycles. The van der Waals surface area contributed by atoms with Crippen LogP contribution in [0.2, 0.25) is 0 Å². The zero-order valence-electron chi connectivity index (χ0n) is 14.1. The van der Waals surface area contributed by atoms with Gasteiger partial charge in [-0.15, -0.1) is 0 Å². The van der Waals surface area contributed by atoms with Crippen molar-refractivity contribution in [1.82, 2.24) is 10.2 Å². The maximum atomic E-state index is 3.65. The summed E-state index contributed by atoms with van der Waals surface area (Å²) in [5.74, 6) is 0.835. The SMILES string of the molecule is CCC(CC)CN(CC)Cc1ccccc1CNC1CC1. The Morgan fingerprint density at radius 3 is 2.33 bits per heavy atom. The molecule has 1 aliphatic carbocycles. The van der Waals surface area contributed by atoms with E-state index in [1.165, 1.54) is 43.4 Å². The highest BCUT2D eigenvalue weighted by Crippen LogP contribution is 2.21. The van der Waals surface area contributed by atoms with Crippen LogP contribution in [-0.2, 0) is 13.1 Å². The molecule has 0 unspecified atom stereocenters. The highest BCUT2D eigenvalue weighted by atomic mass is 15.1. The average molecular weight is 288 g/mol. The van der Waals surface area contributed by atoms with E-state index in [1.807, 2.05) is 0 Å². The van der Waals surface area contributed by atoms with Crippen LogP contribution in [0.4, 0.5) is 0 Å². The maximum Gasteiger partial charge on any atom is 0.0236 e. The maximum absolute atomic E-state index is 3.65. The molecule has 0 bridgehead atoms. The van der Waals surface area contributed by atoms with E-state index in [4.69, 9.17) is 0 Å². The summed E-state index contributed by atoms with van der Waals surface area (Å²) in [6, 6.07) is 9.73. The molecular formula is C19H32N2. The molecule has 1 aromatic rings. The Kier molecular flexibility index (Phi) is 6.72. The first kappa shape index (κ1) is 16.5. The molecule has 0 heterocycles. The van der Waals surface area contributed by atoms with E-state index >= 15 is 0 Å². The van der Waals surface area contributed by atoms with Crippen molar-refractivity contribution in [2.45, 2.75) is 65.6 Å². The van der Waals surface area contributed by atoms with Crippen molar-refractivity contribution < 1.29 is 0 Å². The molecule has 2 heteroatoms. The van der Waals surface area contributed by atoms with E-state index in [0.29, 0.717) is 0 Å². The van der Waals surface area contributed by atoms with Crippen LogP contribution < -0.4 is 5.32 Å². The molecule has 1 aliphatic rings. The quantitative estimate of drug-likeness (QED) is 0.694. The van der Waals surface area contributed by atoms with Crippen molar-refractivity contribution in [3.63, 3.8) is 0 Å². The van der Waals surface area contributed by atoms with Crippen molar-refractivity contribution in [2.75, 3.05) is 13.1 Å². The first-order chi connectivity index (χ1) is 10.3. The Morgan fingerprint density at radius 2 is 1.76 bits per heavy atom. The van der Waals surface area contributed by atoms with Gasteiger partial charge in [-0.25, -0.2) is 0 Å². The fraction of sp³-hybridized carbons (Fsp3) is 0.684. The van der Waals surface area contributed by atoms with E-state index in [-0.39, 0.29) is 0 Å². The molecule has 1 fully saturated rings. The number of nitrogens with zero attached hydrogens (tertiary/aromatic N) is 1. The first-order valence-corrected chi connectivity index (χ1v) is 8.79. The molecule has 1 aromatic carbocycles. The van der Waals surface area contributed by atoms with Crippen LogP contribution in [0.3, 0.4) is 0 Å². The van der Waals surface area contributed by atoms with Gasteiger partial charge in [-0.1, -0.05) is 57.9 Å². The molecule has 2 nitrogen and oxygen atoms in total. The molecule has 0 amide bonds. The van der Waals surface area contributed by atoms with Crippen molar-refractivity contribution in [3.05, 3.63) is 35.4 Å². The summed E-state index contributed by atoms with van der Waals surface area (Å²) in [5.41, 5.74) is 2.98. The second kappa shape index (κ2) is 8.55. The van der Waals surface area contributed by atoms with Crippen LogP contribution >= 0.6 is 0 Å². The predicted molar refractivity (Wildman–Crippen MR) is 91.3 cm³/mol. The summed E-state index contributed by atoms with van der Waals surface area (Å²) >= 11 is 0. The van der Waals surface area contributed by atoms with E-state index in [0.717, 1.165) is 31.6 Å². The summed E-state index contributed by atoms with van der Waals surface area (Å²) < 4.78 is 0. The van der Waals surface area contributed by atoms with Gasteiger partial charge in [-0.05, 0) is 36.4 Å². The van der Waals surface area contributed by atoms with Crippen LogP contribution in [0, 0.1) is 5.92 Å². The number of nitrogens with one attached hydrogen (secondary N) is 1. The predicted octanol–water partition coefficient (Wildman–Crippen LogP) is 4.20. The minimum Gasteiger partial charge on any atom is -0.310 e. The Balaban J connectivity index is 1.95. The molecule has 0 saturated heterocycles. The number of hydrogen-bond donors (Lipinski definition) is 1. The zero-order chi connectivity index (χ0) is 15.1. The van der Waals surface area contributed by atoms with E-state index < -0.39 is 0 Å². The lowest BCUT2D eigenvalue weighted by molar-refractivity contribution is 0.225. The highest BCUT2D eigenvalue weighted by molar-refractivity contribution is 5.27. The molecular weight excluding hydrogens is 256 g/mol. The van der Waals surface area contributed by atoms with Gasteiger partial charge >= 0.3 is 0 Å². The topological polar surface area (TPSA) is 15.3 Å². The monoisotopic (exact) mass is 288 g/mol. The summed E-state index contributed by atoms with van der Waals surface area (Å²) in [6.45, 7) is 11.4. The Morgan fingerprint density at radius 1 is 1.10 bits per heavy atom. The second-order valence-corrected chi connectivity index (χ2v) is 6.43. The van der Waals surface area contributed by atoms with Gasteiger partial charge in [0.1, 0.15) is 0 Å². The smallest absolute Gasteiger partial charge is 0.0236 e. The molecule has 0 radical (unpaired) electrons. The molecule has 2 rings (SSSR count). The molecule has 0 spiro atoms. The minimum atomic E-state index is 0.782. The standard InChI is InChI=1S/C19H32N2/c1-4-16(5-2)14-21(6-3)15-18-10-8-7-9-17(18)13-20-19-11-12-19/h7-10,16,19-20H,4-6,11-15H2,1-3H3. The normalized spacial score (nSPS) is 15.1. The zero-order valence-corrected chi connectivity index (χ0v) is 14.1. The second-order valence-electron chi connectivity index (χ2n) is 6.43. The Bertz CT molecular complexity index is 408. The Hall–Kier alpha value is -0.860. The lowest BCUT2D eigenvalue weighted by Gasteiger charge is -2.26. The number of benzene rings is 1. The average Bonchev–Trinajstić information content (AvgIpc) is 3.34. The minimum absolute atomic E-state index is 0.782. The van der Waals surface area contributed by atoms with Gasteiger partial charge in [0.15, 0.2) is 0 Å². The van der Waals surface area contributed by atoms with Crippen molar-refractivity contribution in [3.8, 4) is 0 Å². The third-order valence-electron chi connectivity index (χ3n) is 4.79. The van der Waals surface area contributed by atoms with Gasteiger partial charge in [0.2, 0.25) is 0 Å². The third-order valence-corrected chi connectivity index (χ3v) is 4.79. The fourth-order valence-electron chi connectivity index (χ4n) is 2.88. The van der Waals surface area contributed by atoms with E-state index in [9.17, 15) is 0 Å². The van der Waals surface area contributed by atoms with Crippen LogP contribution in [0.25, 0.3) is 0 Å². The molecule has 21 heavy (non-hydrogen) atoms. The van der Waals surface area contributed by atoms with Gasteiger partial charge in [0, 0.05) is 25.7 Å². The van der Waals surface area contributed by atoms with Gasteiger partial charge in [-0.3, -0.25) is 4.90 Å². The largest absolute Gasteiger partial charge is 0.310 e. The van der Waals surface area contributed by atoms with E-state index in [1.54, 1.807) is 0 Å². The van der Waals surface area contributed by atoms with Crippen molar-refractivity contribution in [1.29, 1.82) is 0 Å². The fourth-order valence-corrected chi connectivity index (χ4v) is 2.88. The number of rotatable bonds is 10. The lowest BCUT2D eigenvalue weighted by atomic mass is 10.0. The van der Waals surface area contributed by atoms with Crippen LogP contribution in [0.1, 0.15) is 57.6 Å². The van der Waals surface area contributed by atoms with Crippen LogP contribution in [0.15, 0.2) is 24.3 Å². The molecule has 1 saturated carbocycles. The number of hydrogen-bond acceptors (Lipinski definition) is 2. The van der Waals surface area contributed by atoms with Crippen molar-refractivity contribution >= 4 is 0 Å². The van der Waals surface area contributed by atoms with Crippen LogP contribution in [0.5, 0.6) is 0 Å². The van der Waals surface area contributed by atoms with E-state index in [2.05, 4.69) is 55.3 Å². The first-order valence-electron chi connectivity index (χ1n) is 8.79. The van der Waals surface area contributed by atoms with Gasteiger partial charge < -0.3 is 5.32 Å². The van der Waals surface area contributed by atoms with Crippen molar-refractivity contribution in [2.24, 2.45) is 5.92 Å². The third kappa shape index (κ3) is 5.44. The van der Waals surface area contributed by atoms with Crippen LogP contribution in [-0.4, -0.2) is 24.0 Å². The summed E-state index contributed by atoms with van der Waals surface area (Å²) in [6.07, 6.45) is 5.30. The van der Waals surface area contributed by atoms with Gasteiger partial charge in [0.05, 0.1) is 0 Å². The molecule has 0 aliphatic heterocycles. The van der Waals surface area contributed by atoms with Gasteiger partial charge in [0.25, 0.3) is 0 Å². The summed E-state index contributed by atoms with van der Waals surface area (Å²) in [5, 5.41) is 3.65. The molecule has 0 atom stereocenters. The Labute approximate surface area is 130 Å². The summed E-state index contributed by atoms with van der Waals surface area (Å²) in [4.78, 5) is 2.60. The summed E-state index contributed by atoms with van der Waals surface area (Å²) in [7, 11) is 0. The molecule has 118 valence electrons. The molecule has 1 N–H and O–H groups in total. The highest BCUT2D eigenvalue weighted by Gasteiger charge is 2.20.